The fraction of sp³-hybridized carbons (Fsp3) is 0.538. The van der Waals surface area contributed by atoms with E-state index in [9.17, 15) is 8.42 Å². The average molecular weight is 272 g/mol. The fourth-order valence-corrected chi connectivity index (χ4v) is 2.83. The molecule has 0 saturated heterocycles. The van der Waals surface area contributed by atoms with Gasteiger partial charge in [-0.25, -0.2) is 0 Å². The summed E-state index contributed by atoms with van der Waals surface area (Å²) in [5.41, 5.74) is 0. The summed E-state index contributed by atoms with van der Waals surface area (Å²) in [7, 11) is -1.99. The molecule has 0 amide bonds. The number of benzene rings is 1. The molecule has 0 aromatic heterocycles. The number of hydrogen-bond acceptors (Lipinski definition) is 4. The topological polar surface area (TPSA) is 52.6 Å². The molecule has 0 spiro atoms. The smallest absolute Gasteiger partial charge is 0.309 e. The minimum atomic E-state index is -3.54. The van der Waals surface area contributed by atoms with Crippen molar-refractivity contribution in [1.82, 2.24) is 0 Å². The molecule has 0 N–H and O–H groups in total. The van der Waals surface area contributed by atoms with E-state index in [0.29, 0.717) is 17.4 Å². The Morgan fingerprint density at radius 1 is 1.06 bits per heavy atom. The third-order valence-corrected chi connectivity index (χ3v) is 4.27. The molecule has 1 rings (SSSR count). The van der Waals surface area contributed by atoms with Crippen LogP contribution in [0.3, 0.4) is 0 Å². The Labute approximate surface area is 109 Å². The lowest BCUT2D eigenvalue weighted by atomic mass is 10.0. The molecular weight excluding hydrogens is 252 g/mol. The van der Waals surface area contributed by atoms with Gasteiger partial charge < -0.3 is 8.92 Å². The first-order valence-electron chi connectivity index (χ1n) is 5.90. The first kappa shape index (κ1) is 14.8. The summed E-state index contributed by atoms with van der Waals surface area (Å²) in [5, 5.41) is 0. The van der Waals surface area contributed by atoms with Crippen molar-refractivity contribution in [1.29, 1.82) is 0 Å². The predicted molar refractivity (Wildman–Crippen MR) is 71.4 cm³/mol. The molecule has 5 heteroatoms. The van der Waals surface area contributed by atoms with Gasteiger partial charge in [0.2, 0.25) is 0 Å². The standard InChI is InChI=1S/C13H20O4S/c1-10(2)11(3)9-18(14,15)17-13-7-5-12(16-4)6-8-13/h5-8,10-11H,9H2,1-4H3. The van der Waals surface area contributed by atoms with Crippen molar-refractivity contribution in [3.8, 4) is 11.5 Å². The van der Waals surface area contributed by atoms with Crippen LogP contribution in [0.5, 0.6) is 11.5 Å². The van der Waals surface area contributed by atoms with E-state index in [4.69, 9.17) is 8.92 Å². The summed E-state index contributed by atoms with van der Waals surface area (Å²) in [4.78, 5) is 0. The lowest BCUT2D eigenvalue weighted by Crippen LogP contribution is -2.22. The Kier molecular flexibility index (Phi) is 5.02. The lowest BCUT2D eigenvalue weighted by molar-refractivity contribution is 0.412. The molecule has 4 nitrogen and oxygen atoms in total. The molecule has 1 atom stereocenters. The monoisotopic (exact) mass is 272 g/mol. The van der Waals surface area contributed by atoms with Crippen molar-refractivity contribution in [3.63, 3.8) is 0 Å². The van der Waals surface area contributed by atoms with E-state index in [0.717, 1.165) is 0 Å². The second kappa shape index (κ2) is 6.09. The van der Waals surface area contributed by atoms with Gasteiger partial charge in [0.1, 0.15) is 11.5 Å². The number of methoxy groups -OCH3 is 1. The number of rotatable bonds is 6. The van der Waals surface area contributed by atoms with Gasteiger partial charge in [0, 0.05) is 0 Å². The van der Waals surface area contributed by atoms with Crippen LogP contribution in [0.1, 0.15) is 20.8 Å². The van der Waals surface area contributed by atoms with E-state index in [-0.39, 0.29) is 11.7 Å². The highest BCUT2D eigenvalue weighted by Gasteiger charge is 2.19. The van der Waals surface area contributed by atoms with Gasteiger partial charge in [-0.2, -0.15) is 8.42 Å². The Balaban J connectivity index is 2.70. The predicted octanol–water partition coefficient (Wildman–Crippen LogP) is 2.70. The zero-order valence-corrected chi connectivity index (χ0v) is 12.0. The molecule has 1 aromatic carbocycles. The van der Waals surface area contributed by atoms with Gasteiger partial charge in [-0.15, -0.1) is 0 Å². The van der Waals surface area contributed by atoms with Crippen molar-refractivity contribution in [2.24, 2.45) is 11.8 Å². The Morgan fingerprint density at radius 2 is 1.56 bits per heavy atom. The molecular formula is C13H20O4S. The number of hydrogen-bond donors (Lipinski definition) is 0. The molecule has 0 fully saturated rings. The second-order valence-electron chi connectivity index (χ2n) is 4.70. The summed E-state index contributed by atoms with van der Waals surface area (Å²) in [5.74, 6) is 1.37. The molecule has 1 unspecified atom stereocenters. The quantitative estimate of drug-likeness (QED) is 0.747. The summed E-state index contributed by atoms with van der Waals surface area (Å²) in [6.45, 7) is 5.89. The van der Waals surface area contributed by atoms with Crippen LogP contribution in [-0.2, 0) is 10.1 Å². The Bertz CT molecular complexity index is 462. The third-order valence-electron chi connectivity index (χ3n) is 2.89. The highest BCUT2D eigenvalue weighted by molar-refractivity contribution is 7.87. The SMILES string of the molecule is COc1ccc(OS(=O)(=O)CC(C)C(C)C)cc1. The van der Waals surface area contributed by atoms with E-state index in [1.807, 2.05) is 20.8 Å². The maximum Gasteiger partial charge on any atom is 0.309 e. The molecule has 18 heavy (non-hydrogen) atoms. The molecule has 0 radical (unpaired) electrons. The van der Waals surface area contributed by atoms with E-state index in [2.05, 4.69) is 0 Å². The molecule has 0 aliphatic heterocycles. The highest BCUT2D eigenvalue weighted by atomic mass is 32.2. The summed E-state index contributed by atoms with van der Waals surface area (Å²) in [6, 6.07) is 6.49. The maximum atomic E-state index is 11.8. The summed E-state index contributed by atoms with van der Waals surface area (Å²) < 4.78 is 33.7. The molecule has 1 aromatic rings. The van der Waals surface area contributed by atoms with Crippen LogP contribution in [0.25, 0.3) is 0 Å². The molecule has 0 saturated carbocycles. The van der Waals surface area contributed by atoms with Gasteiger partial charge in [-0.1, -0.05) is 20.8 Å². The normalized spacial score (nSPS) is 13.4. The van der Waals surface area contributed by atoms with E-state index < -0.39 is 10.1 Å². The van der Waals surface area contributed by atoms with Crippen LogP contribution in [0.2, 0.25) is 0 Å². The maximum absolute atomic E-state index is 11.8. The van der Waals surface area contributed by atoms with Gasteiger partial charge in [-0.05, 0) is 36.1 Å². The molecule has 0 aliphatic rings. The van der Waals surface area contributed by atoms with Gasteiger partial charge in [-0.3, -0.25) is 0 Å². The Hall–Kier alpha value is -1.23. The zero-order valence-electron chi connectivity index (χ0n) is 11.2. The fourth-order valence-electron chi connectivity index (χ4n) is 1.33. The van der Waals surface area contributed by atoms with Crippen molar-refractivity contribution < 1.29 is 17.3 Å². The lowest BCUT2D eigenvalue weighted by Gasteiger charge is -2.15. The number of ether oxygens (including phenoxy) is 1. The molecule has 0 heterocycles. The first-order valence-corrected chi connectivity index (χ1v) is 7.48. The van der Waals surface area contributed by atoms with Crippen molar-refractivity contribution in [2.45, 2.75) is 20.8 Å². The van der Waals surface area contributed by atoms with Crippen molar-refractivity contribution in [3.05, 3.63) is 24.3 Å². The molecule has 0 bridgehead atoms. The van der Waals surface area contributed by atoms with Crippen LogP contribution in [0.15, 0.2) is 24.3 Å². The van der Waals surface area contributed by atoms with Gasteiger partial charge in [0.25, 0.3) is 0 Å². The van der Waals surface area contributed by atoms with Crippen LogP contribution >= 0.6 is 0 Å². The first-order chi connectivity index (χ1) is 8.34. The van der Waals surface area contributed by atoms with Crippen LogP contribution in [0, 0.1) is 11.8 Å². The van der Waals surface area contributed by atoms with Crippen LogP contribution in [0.4, 0.5) is 0 Å². The summed E-state index contributed by atoms with van der Waals surface area (Å²) in [6.07, 6.45) is 0. The van der Waals surface area contributed by atoms with Crippen LogP contribution in [-0.4, -0.2) is 21.3 Å². The van der Waals surface area contributed by atoms with Crippen molar-refractivity contribution >= 4 is 10.1 Å². The molecule has 102 valence electrons. The van der Waals surface area contributed by atoms with E-state index in [1.54, 1.807) is 31.4 Å². The largest absolute Gasteiger partial charge is 0.497 e. The van der Waals surface area contributed by atoms with E-state index in [1.165, 1.54) is 0 Å². The zero-order chi connectivity index (χ0) is 13.8. The summed E-state index contributed by atoms with van der Waals surface area (Å²) >= 11 is 0. The minimum Gasteiger partial charge on any atom is -0.497 e. The molecule has 0 aliphatic carbocycles. The van der Waals surface area contributed by atoms with Gasteiger partial charge in [0.15, 0.2) is 0 Å². The average Bonchev–Trinajstić information content (AvgIpc) is 2.28. The van der Waals surface area contributed by atoms with Crippen LogP contribution < -0.4 is 8.92 Å². The third kappa shape index (κ3) is 4.56. The highest BCUT2D eigenvalue weighted by Crippen LogP contribution is 2.20. The Morgan fingerprint density at radius 3 is 2.00 bits per heavy atom. The van der Waals surface area contributed by atoms with Gasteiger partial charge >= 0.3 is 10.1 Å². The second-order valence-corrected chi connectivity index (χ2v) is 6.32. The van der Waals surface area contributed by atoms with E-state index >= 15 is 0 Å². The minimum absolute atomic E-state index is 0.0245. The van der Waals surface area contributed by atoms with Gasteiger partial charge in [0.05, 0.1) is 12.9 Å². The van der Waals surface area contributed by atoms with Crippen molar-refractivity contribution in [2.75, 3.05) is 12.9 Å².